The first-order valence-corrected chi connectivity index (χ1v) is 5.54. The maximum Gasteiger partial charge on any atom is 0.404 e. The average molecular weight is 303 g/mol. The van der Waals surface area contributed by atoms with Crippen molar-refractivity contribution in [1.29, 1.82) is 0 Å². The van der Waals surface area contributed by atoms with Gasteiger partial charge in [0.25, 0.3) is 0 Å². The predicted octanol–water partition coefficient (Wildman–Crippen LogP) is 1.04. The molecule has 0 spiro atoms. The van der Waals surface area contributed by atoms with Crippen LogP contribution < -0.4 is 5.32 Å². The highest BCUT2D eigenvalue weighted by molar-refractivity contribution is 9.10. The highest BCUT2D eigenvalue weighted by Gasteiger charge is 2.25. The van der Waals surface area contributed by atoms with E-state index in [9.17, 15) is 14.7 Å². The number of nitrogens with zero attached hydrogens (tertiary/aromatic N) is 1. The maximum absolute atomic E-state index is 11.7. The fourth-order valence-corrected chi connectivity index (χ4v) is 1.41. The van der Waals surface area contributed by atoms with Gasteiger partial charge in [-0.05, 0) is 35.0 Å². The number of halogens is 1. The van der Waals surface area contributed by atoms with Crippen molar-refractivity contribution in [2.24, 2.45) is 0 Å². The first kappa shape index (κ1) is 13.6. The van der Waals surface area contributed by atoms with Crippen molar-refractivity contribution in [3.63, 3.8) is 0 Å². The Labute approximate surface area is 106 Å². The summed E-state index contributed by atoms with van der Waals surface area (Å²) in [6.45, 7) is 1.40. The van der Waals surface area contributed by atoms with Crippen LogP contribution in [0.3, 0.4) is 0 Å². The van der Waals surface area contributed by atoms with Crippen LogP contribution in [0.25, 0.3) is 0 Å². The van der Waals surface area contributed by atoms with Gasteiger partial charge >= 0.3 is 6.09 Å². The Kier molecular flexibility index (Phi) is 4.59. The number of amides is 1. The van der Waals surface area contributed by atoms with Gasteiger partial charge in [0.2, 0.25) is 5.78 Å². The van der Waals surface area contributed by atoms with Crippen LogP contribution in [0.4, 0.5) is 4.79 Å². The topological polar surface area (TPSA) is 99.5 Å². The van der Waals surface area contributed by atoms with E-state index in [0.29, 0.717) is 4.47 Å². The van der Waals surface area contributed by atoms with Gasteiger partial charge in [-0.2, -0.15) is 0 Å². The number of carbonyl (C=O) groups is 2. The largest absolute Gasteiger partial charge is 0.465 e. The van der Waals surface area contributed by atoms with Crippen LogP contribution in [0.2, 0.25) is 0 Å². The van der Waals surface area contributed by atoms with E-state index in [4.69, 9.17) is 5.11 Å². The van der Waals surface area contributed by atoms with Crippen LogP contribution in [-0.2, 0) is 0 Å². The number of hydrogen-bond acceptors (Lipinski definition) is 4. The molecule has 0 fully saturated rings. The summed E-state index contributed by atoms with van der Waals surface area (Å²) in [4.78, 5) is 25.9. The number of Topliss-reactive ketones (excluding diaryl/α,β-unsaturated/α-hetero) is 1. The number of pyridine rings is 1. The van der Waals surface area contributed by atoms with Crippen molar-refractivity contribution >= 4 is 27.8 Å². The van der Waals surface area contributed by atoms with Crippen LogP contribution in [0.1, 0.15) is 17.4 Å². The molecule has 1 amide bonds. The highest BCUT2D eigenvalue weighted by atomic mass is 79.9. The molecule has 0 bridgehead atoms. The molecule has 1 heterocycles. The monoisotopic (exact) mass is 302 g/mol. The molecule has 0 aliphatic carbocycles. The lowest BCUT2D eigenvalue weighted by molar-refractivity contribution is 0.0669. The van der Waals surface area contributed by atoms with E-state index in [-0.39, 0.29) is 5.69 Å². The van der Waals surface area contributed by atoms with Crippen molar-refractivity contribution in [1.82, 2.24) is 10.3 Å². The lowest BCUT2D eigenvalue weighted by atomic mass is 10.1. The van der Waals surface area contributed by atoms with Crippen LogP contribution in [-0.4, -0.2) is 39.2 Å². The first-order valence-electron chi connectivity index (χ1n) is 4.75. The number of nitrogens with one attached hydrogen (secondary N) is 1. The number of aromatic nitrogens is 1. The molecule has 1 aromatic heterocycles. The summed E-state index contributed by atoms with van der Waals surface area (Å²) in [5.74, 6) is -0.626. The zero-order valence-electron chi connectivity index (χ0n) is 8.92. The number of aliphatic hydroxyl groups excluding tert-OH is 1. The fraction of sp³-hybridized carbons (Fsp3) is 0.300. The van der Waals surface area contributed by atoms with E-state index in [1.54, 1.807) is 6.07 Å². The van der Waals surface area contributed by atoms with Gasteiger partial charge in [-0.3, -0.25) is 9.78 Å². The minimum absolute atomic E-state index is 0.0831. The SMILES string of the molecule is C[C@H](NC(=O)O)C(O)C(=O)c1ccc(Br)cn1. The van der Waals surface area contributed by atoms with E-state index in [1.807, 2.05) is 5.32 Å². The van der Waals surface area contributed by atoms with E-state index in [1.165, 1.54) is 19.2 Å². The fourth-order valence-electron chi connectivity index (χ4n) is 1.17. The van der Waals surface area contributed by atoms with Gasteiger partial charge in [0.1, 0.15) is 11.8 Å². The van der Waals surface area contributed by atoms with E-state index >= 15 is 0 Å². The number of hydrogen-bond donors (Lipinski definition) is 3. The molecule has 3 N–H and O–H groups in total. The molecule has 1 rings (SSSR count). The van der Waals surface area contributed by atoms with Gasteiger partial charge in [0.05, 0.1) is 6.04 Å². The molecule has 0 aliphatic rings. The number of aliphatic hydroxyl groups is 1. The van der Waals surface area contributed by atoms with Crippen LogP contribution in [0.15, 0.2) is 22.8 Å². The van der Waals surface area contributed by atoms with Crippen molar-refractivity contribution in [3.8, 4) is 0 Å². The smallest absolute Gasteiger partial charge is 0.404 e. The van der Waals surface area contributed by atoms with Crippen LogP contribution in [0.5, 0.6) is 0 Å². The first-order chi connectivity index (χ1) is 7.91. The van der Waals surface area contributed by atoms with Crippen molar-refractivity contribution in [2.75, 3.05) is 0 Å². The molecule has 1 aromatic rings. The van der Waals surface area contributed by atoms with E-state index in [2.05, 4.69) is 20.9 Å². The van der Waals surface area contributed by atoms with E-state index < -0.39 is 24.0 Å². The molecule has 0 saturated heterocycles. The van der Waals surface area contributed by atoms with Gasteiger partial charge in [-0.25, -0.2) is 4.79 Å². The highest BCUT2D eigenvalue weighted by Crippen LogP contribution is 2.10. The van der Waals surface area contributed by atoms with Crippen molar-refractivity contribution in [3.05, 3.63) is 28.5 Å². The third kappa shape index (κ3) is 3.79. The standard InChI is InChI=1S/C10H11BrN2O4/c1-5(13-10(16)17)8(14)9(15)7-3-2-6(11)4-12-7/h2-5,8,13-14H,1H3,(H,16,17)/t5-,8?/m0/s1. The number of carbonyl (C=O) groups excluding carboxylic acids is 1. The molecule has 6 nitrogen and oxygen atoms in total. The molecule has 17 heavy (non-hydrogen) atoms. The lowest BCUT2D eigenvalue weighted by Crippen LogP contribution is -2.44. The van der Waals surface area contributed by atoms with Gasteiger partial charge in [-0.15, -0.1) is 0 Å². The van der Waals surface area contributed by atoms with Gasteiger partial charge in [-0.1, -0.05) is 0 Å². The third-order valence-electron chi connectivity index (χ3n) is 2.07. The normalized spacial score (nSPS) is 13.8. The van der Waals surface area contributed by atoms with Gasteiger partial charge in [0.15, 0.2) is 0 Å². The van der Waals surface area contributed by atoms with Crippen LogP contribution >= 0.6 is 15.9 Å². The molecule has 0 aliphatic heterocycles. The molecular formula is C10H11BrN2O4. The Morgan fingerprint density at radius 1 is 1.47 bits per heavy atom. The summed E-state index contributed by atoms with van der Waals surface area (Å²) in [5, 5.41) is 20.1. The minimum Gasteiger partial charge on any atom is -0.465 e. The predicted molar refractivity (Wildman–Crippen MR) is 62.9 cm³/mol. The summed E-state index contributed by atoms with van der Waals surface area (Å²) in [6.07, 6.45) is -1.33. The Bertz CT molecular complexity index is 421. The molecule has 92 valence electrons. The lowest BCUT2D eigenvalue weighted by Gasteiger charge is -2.16. The second kappa shape index (κ2) is 5.74. The maximum atomic E-state index is 11.7. The zero-order valence-corrected chi connectivity index (χ0v) is 10.5. The molecule has 0 radical (unpaired) electrons. The average Bonchev–Trinajstić information content (AvgIpc) is 2.27. The summed E-state index contributed by atoms with van der Waals surface area (Å²) in [6, 6.07) is 2.16. The van der Waals surface area contributed by atoms with Gasteiger partial charge in [0, 0.05) is 10.7 Å². The molecule has 2 atom stereocenters. The Balaban J connectivity index is 2.75. The Hall–Kier alpha value is -1.47. The molecule has 0 saturated carbocycles. The molecule has 0 aromatic carbocycles. The zero-order chi connectivity index (χ0) is 13.0. The Morgan fingerprint density at radius 3 is 2.59 bits per heavy atom. The number of rotatable bonds is 4. The molecule has 7 heteroatoms. The van der Waals surface area contributed by atoms with E-state index in [0.717, 1.165) is 0 Å². The summed E-state index contributed by atoms with van der Waals surface area (Å²) in [7, 11) is 0. The second-order valence-electron chi connectivity index (χ2n) is 3.41. The number of carboxylic acid groups (broad SMARTS) is 1. The molecular weight excluding hydrogens is 292 g/mol. The second-order valence-corrected chi connectivity index (χ2v) is 4.32. The quantitative estimate of drug-likeness (QED) is 0.722. The Morgan fingerprint density at radius 2 is 2.12 bits per heavy atom. The summed E-state index contributed by atoms with van der Waals surface area (Å²) < 4.78 is 0.709. The number of ketones is 1. The summed E-state index contributed by atoms with van der Waals surface area (Å²) >= 11 is 3.17. The third-order valence-corrected chi connectivity index (χ3v) is 2.54. The van der Waals surface area contributed by atoms with Crippen molar-refractivity contribution in [2.45, 2.75) is 19.1 Å². The summed E-state index contributed by atoms with van der Waals surface area (Å²) in [5.41, 5.74) is 0.0831. The molecule has 1 unspecified atom stereocenters. The van der Waals surface area contributed by atoms with Crippen LogP contribution in [0, 0.1) is 0 Å². The van der Waals surface area contributed by atoms with Gasteiger partial charge < -0.3 is 15.5 Å². The van der Waals surface area contributed by atoms with Crippen molar-refractivity contribution < 1.29 is 19.8 Å². The minimum atomic E-state index is -1.46.